The van der Waals surface area contributed by atoms with Gasteiger partial charge in [0.2, 0.25) is 0 Å². The van der Waals surface area contributed by atoms with Gasteiger partial charge in [-0.2, -0.15) is 0 Å². The number of aryl methyl sites for hydroxylation is 1. The molecule has 2 aromatic rings. The molecule has 0 radical (unpaired) electrons. The van der Waals surface area contributed by atoms with Crippen LogP contribution in [-0.2, 0) is 5.75 Å². The van der Waals surface area contributed by atoms with Crippen molar-refractivity contribution in [1.82, 2.24) is 15.2 Å². The second kappa shape index (κ2) is 5.24. The van der Waals surface area contributed by atoms with E-state index >= 15 is 0 Å². The van der Waals surface area contributed by atoms with E-state index in [0.717, 1.165) is 20.8 Å². The lowest BCUT2D eigenvalue weighted by Crippen LogP contribution is -2.08. The first-order valence-electron chi connectivity index (χ1n) is 4.63. The first kappa shape index (κ1) is 11.3. The number of hydrogen-bond donors (Lipinski definition) is 2. The average molecular weight is 253 g/mol. The first-order chi connectivity index (χ1) is 7.78. The van der Waals surface area contributed by atoms with Crippen LogP contribution in [0.3, 0.4) is 0 Å². The largest absolute Gasteiger partial charge is 0.308 e. The van der Waals surface area contributed by atoms with E-state index in [0.29, 0.717) is 5.82 Å². The molecule has 0 spiro atoms. The lowest BCUT2D eigenvalue weighted by Gasteiger charge is -2.01. The van der Waals surface area contributed by atoms with E-state index in [9.17, 15) is 0 Å². The predicted octanol–water partition coefficient (Wildman–Crippen LogP) is 1.82. The van der Waals surface area contributed by atoms with Crippen molar-refractivity contribution in [3.63, 3.8) is 0 Å². The number of hydrazine groups is 1. The topological polar surface area (TPSA) is 76.7 Å². The van der Waals surface area contributed by atoms with Crippen molar-refractivity contribution in [3.05, 3.63) is 28.9 Å². The molecule has 0 aromatic carbocycles. The fourth-order valence-electron chi connectivity index (χ4n) is 1.11. The average Bonchev–Trinajstić information content (AvgIpc) is 2.73. The van der Waals surface area contributed by atoms with Gasteiger partial charge in [-0.1, -0.05) is 29.2 Å². The highest BCUT2D eigenvalue weighted by molar-refractivity contribution is 8.00. The molecule has 5 nitrogen and oxygen atoms in total. The minimum Gasteiger partial charge on any atom is -0.308 e. The van der Waals surface area contributed by atoms with Crippen molar-refractivity contribution < 1.29 is 0 Å². The number of nitrogen functional groups attached to an aromatic ring is 1. The molecular formula is C9H11N5S2. The Bertz CT molecular complexity index is 470. The van der Waals surface area contributed by atoms with E-state index in [-0.39, 0.29) is 0 Å². The van der Waals surface area contributed by atoms with Crippen molar-refractivity contribution in [2.75, 3.05) is 5.43 Å². The Morgan fingerprint density at radius 2 is 2.31 bits per heavy atom. The van der Waals surface area contributed by atoms with Gasteiger partial charge in [-0.05, 0) is 19.1 Å². The number of pyridine rings is 1. The Kier molecular flexibility index (Phi) is 3.70. The number of nitrogens with one attached hydrogen (secondary N) is 1. The molecule has 0 aliphatic rings. The third-order valence-corrected chi connectivity index (χ3v) is 3.81. The number of hydrogen-bond acceptors (Lipinski definition) is 7. The summed E-state index contributed by atoms with van der Waals surface area (Å²) in [5.74, 6) is 6.73. The molecule has 16 heavy (non-hydrogen) atoms. The van der Waals surface area contributed by atoms with Crippen LogP contribution in [0, 0.1) is 6.92 Å². The molecule has 3 N–H and O–H groups in total. The quantitative estimate of drug-likeness (QED) is 0.492. The molecule has 0 amide bonds. The van der Waals surface area contributed by atoms with Crippen LogP contribution in [0.5, 0.6) is 0 Å². The summed E-state index contributed by atoms with van der Waals surface area (Å²) in [4.78, 5) is 4.31. The monoisotopic (exact) mass is 253 g/mol. The van der Waals surface area contributed by atoms with Crippen molar-refractivity contribution in [2.45, 2.75) is 17.0 Å². The lowest BCUT2D eigenvalue weighted by atomic mass is 10.4. The zero-order valence-electron chi connectivity index (χ0n) is 8.67. The zero-order chi connectivity index (χ0) is 11.4. The van der Waals surface area contributed by atoms with Crippen molar-refractivity contribution in [2.24, 2.45) is 5.84 Å². The fourth-order valence-corrected chi connectivity index (χ4v) is 2.83. The molecule has 7 heteroatoms. The van der Waals surface area contributed by atoms with Gasteiger partial charge in [0, 0.05) is 5.75 Å². The van der Waals surface area contributed by atoms with Crippen molar-refractivity contribution >= 4 is 28.9 Å². The van der Waals surface area contributed by atoms with Crippen LogP contribution in [0.15, 0.2) is 22.5 Å². The smallest absolute Gasteiger partial charge is 0.174 e. The Balaban J connectivity index is 1.99. The van der Waals surface area contributed by atoms with E-state index < -0.39 is 0 Å². The zero-order valence-corrected chi connectivity index (χ0v) is 10.3. The van der Waals surface area contributed by atoms with E-state index in [2.05, 4.69) is 20.6 Å². The highest BCUT2D eigenvalue weighted by Crippen LogP contribution is 2.25. The summed E-state index contributed by atoms with van der Waals surface area (Å²) in [6.07, 6.45) is 0. The fraction of sp³-hybridized carbons (Fsp3) is 0.222. The van der Waals surface area contributed by atoms with E-state index in [1.54, 1.807) is 23.1 Å². The van der Waals surface area contributed by atoms with Crippen LogP contribution in [-0.4, -0.2) is 15.2 Å². The molecule has 0 aliphatic heterocycles. The number of aromatic nitrogens is 3. The van der Waals surface area contributed by atoms with Crippen molar-refractivity contribution in [1.29, 1.82) is 0 Å². The summed E-state index contributed by atoms with van der Waals surface area (Å²) in [7, 11) is 0. The van der Waals surface area contributed by atoms with Gasteiger partial charge in [-0.15, -0.1) is 10.2 Å². The van der Waals surface area contributed by atoms with Gasteiger partial charge in [0.25, 0.3) is 0 Å². The van der Waals surface area contributed by atoms with Crippen molar-refractivity contribution in [3.8, 4) is 0 Å². The van der Waals surface area contributed by atoms with E-state index in [1.165, 1.54) is 0 Å². The number of anilines is 1. The normalized spacial score (nSPS) is 10.4. The Hall–Kier alpha value is -1.18. The third-order valence-electron chi connectivity index (χ3n) is 1.81. The first-order valence-corrected chi connectivity index (χ1v) is 6.43. The third kappa shape index (κ3) is 2.91. The van der Waals surface area contributed by atoms with Crippen LogP contribution >= 0.6 is 23.1 Å². The lowest BCUT2D eigenvalue weighted by molar-refractivity contribution is 0.983. The molecule has 84 valence electrons. The maximum absolute atomic E-state index is 5.29. The molecule has 2 rings (SSSR count). The van der Waals surface area contributed by atoms with Crippen LogP contribution in [0.4, 0.5) is 5.82 Å². The molecule has 0 atom stereocenters. The predicted molar refractivity (Wildman–Crippen MR) is 66.3 cm³/mol. The number of rotatable bonds is 4. The second-order valence-electron chi connectivity index (χ2n) is 3.03. The summed E-state index contributed by atoms with van der Waals surface area (Å²) in [6.45, 7) is 1.94. The summed E-state index contributed by atoms with van der Waals surface area (Å²) in [5, 5.41) is 8.97. The minimum atomic E-state index is 0.673. The second-order valence-corrected chi connectivity index (χ2v) is 5.44. The molecule has 0 unspecified atom stereocenters. The van der Waals surface area contributed by atoms with Gasteiger partial charge in [0.15, 0.2) is 4.34 Å². The van der Waals surface area contributed by atoms with Gasteiger partial charge >= 0.3 is 0 Å². The van der Waals surface area contributed by atoms with Gasteiger partial charge in [0.05, 0.1) is 5.69 Å². The van der Waals surface area contributed by atoms with Gasteiger partial charge in [0.1, 0.15) is 10.8 Å². The molecule has 0 bridgehead atoms. The maximum atomic E-state index is 5.29. The number of nitrogens with two attached hydrogens (primary N) is 1. The highest BCUT2D eigenvalue weighted by atomic mass is 32.2. The molecule has 2 aromatic heterocycles. The molecular weight excluding hydrogens is 242 g/mol. The molecule has 0 saturated carbocycles. The molecule has 0 fully saturated rings. The van der Waals surface area contributed by atoms with Gasteiger partial charge < -0.3 is 5.43 Å². The standard InChI is InChI=1S/C9H11N5S2/c1-6-13-14-9(16-6)15-5-7-3-2-4-8(11-7)12-10/h2-4H,5,10H2,1H3,(H,11,12). The van der Waals surface area contributed by atoms with E-state index in [1.807, 2.05) is 25.1 Å². The van der Waals surface area contributed by atoms with Crippen LogP contribution in [0.2, 0.25) is 0 Å². The summed E-state index contributed by atoms with van der Waals surface area (Å²) >= 11 is 3.22. The van der Waals surface area contributed by atoms with Gasteiger partial charge in [-0.25, -0.2) is 10.8 Å². The summed E-state index contributed by atoms with van der Waals surface area (Å²) in [5.41, 5.74) is 3.49. The molecule has 0 aliphatic carbocycles. The van der Waals surface area contributed by atoms with Crippen LogP contribution < -0.4 is 11.3 Å². The SMILES string of the molecule is Cc1nnc(SCc2cccc(NN)n2)s1. The Labute approximate surface area is 101 Å². The van der Waals surface area contributed by atoms with Crippen LogP contribution in [0.25, 0.3) is 0 Å². The number of thioether (sulfide) groups is 1. The summed E-state index contributed by atoms with van der Waals surface area (Å²) < 4.78 is 0.963. The minimum absolute atomic E-state index is 0.673. The maximum Gasteiger partial charge on any atom is 0.174 e. The Morgan fingerprint density at radius 1 is 1.44 bits per heavy atom. The molecule has 0 saturated heterocycles. The summed E-state index contributed by atoms with van der Waals surface area (Å²) in [6, 6.07) is 5.70. The molecule has 2 heterocycles. The number of nitrogens with zero attached hydrogens (tertiary/aromatic N) is 3. The van der Waals surface area contributed by atoms with E-state index in [4.69, 9.17) is 5.84 Å². The van der Waals surface area contributed by atoms with Gasteiger partial charge in [-0.3, -0.25) is 0 Å². The highest BCUT2D eigenvalue weighted by Gasteiger charge is 2.03. The van der Waals surface area contributed by atoms with Crippen LogP contribution in [0.1, 0.15) is 10.7 Å². The Morgan fingerprint density at radius 3 is 3.00 bits per heavy atom.